The largest absolute Gasteiger partial charge is 0.507 e. The van der Waals surface area contributed by atoms with Gasteiger partial charge < -0.3 is 19.8 Å². The van der Waals surface area contributed by atoms with E-state index in [1.54, 1.807) is 24.3 Å². The molecule has 1 amide bonds. The van der Waals surface area contributed by atoms with Gasteiger partial charge in [-0.05, 0) is 30.2 Å². The maximum atomic E-state index is 13.1. The number of ether oxygens (including phenoxy) is 1. The average Bonchev–Trinajstić information content (AvgIpc) is 3.05. The summed E-state index contributed by atoms with van der Waals surface area (Å²) in [6, 6.07) is 20.2. The molecule has 1 aliphatic heterocycles. The Kier molecular flexibility index (Phi) is 5.69. The molecule has 32 heavy (non-hydrogen) atoms. The predicted molar refractivity (Wildman–Crippen MR) is 120 cm³/mol. The molecule has 1 aliphatic rings. The second kappa shape index (κ2) is 8.59. The summed E-state index contributed by atoms with van der Waals surface area (Å²) in [6.45, 7) is 2.11. The number of amides is 1. The van der Waals surface area contributed by atoms with Gasteiger partial charge in [0.2, 0.25) is 0 Å². The summed E-state index contributed by atoms with van der Waals surface area (Å²) < 4.78 is 5.23. The summed E-state index contributed by atoms with van der Waals surface area (Å²) in [7, 11) is 1.42. The minimum atomic E-state index is -0.842. The number of likely N-dealkylation sites (tertiary alicyclic amines) is 1. The molecule has 0 bridgehead atoms. The molecule has 0 aromatic heterocycles. The van der Waals surface area contributed by atoms with Gasteiger partial charge in [0.25, 0.3) is 11.7 Å². The molecule has 1 fully saturated rings. The van der Waals surface area contributed by atoms with Crippen molar-refractivity contribution in [2.75, 3.05) is 7.11 Å². The van der Waals surface area contributed by atoms with Crippen molar-refractivity contribution in [3.8, 4) is 11.5 Å². The zero-order valence-corrected chi connectivity index (χ0v) is 17.8. The first-order chi connectivity index (χ1) is 15.4. The Morgan fingerprint density at radius 1 is 1.00 bits per heavy atom. The fourth-order valence-electron chi connectivity index (χ4n) is 3.90. The van der Waals surface area contributed by atoms with Crippen LogP contribution >= 0.6 is 0 Å². The number of nitrogens with zero attached hydrogens (tertiary/aromatic N) is 1. The molecule has 162 valence electrons. The molecule has 1 heterocycles. The molecule has 3 aromatic rings. The van der Waals surface area contributed by atoms with Crippen LogP contribution < -0.4 is 4.74 Å². The van der Waals surface area contributed by atoms with Gasteiger partial charge in [-0.15, -0.1) is 0 Å². The fourth-order valence-corrected chi connectivity index (χ4v) is 3.90. The van der Waals surface area contributed by atoms with Crippen LogP contribution in [0.1, 0.15) is 28.3 Å². The lowest BCUT2D eigenvalue weighted by atomic mass is 9.94. The number of aliphatic hydroxyl groups excluding tert-OH is 1. The fraction of sp³-hybridized carbons (Fsp3) is 0.154. The van der Waals surface area contributed by atoms with Crippen LogP contribution in [0, 0.1) is 6.92 Å². The molecule has 4 rings (SSSR count). The third-order valence-electron chi connectivity index (χ3n) is 5.58. The van der Waals surface area contributed by atoms with Crippen molar-refractivity contribution in [2.24, 2.45) is 0 Å². The normalized spacial score (nSPS) is 17.6. The Morgan fingerprint density at radius 2 is 1.69 bits per heavy atom. The Bertz CT molecular complexity index is 1200. The van der Waals surface area contributed by atoms with Crippen molar-refractivity contribution < 1.29 is 24.5 Å². The molecule has 3 aromatic carbocycles. The van der Waals surface area contributed by atoms with Crippen molar-refractivity contribution in [3.05, 3.63) is 101 Å². The van der Waals surface area contributed by atoms with Crippen LogP contribution in [-0.2, 0) is 16.1 Å². The van der Waals surface area contributed by atoms with Crippen LogP contribution in [0.25, 0.3) is 5.76 Å². The highest BCUT2D eigenvalue weighted by molar-refractivity contribution is 6.46. The first-order valence-corrected chi connectivity index (χ1v) is 10.2. The lowest BCUT2D eigenvalue weighted by molar-refractivity contribution is -0.140. The molecule has 6 heteroatoms. The highest BCUT2D eigenvalue weighted by Gasteiger charge is 2.46. The van der Waals surface area contributed by atoms with Gasteiger partial charge in [-0.1, -0.05) is 66.2 Å². The van der Waals surface area contributed by atoms with E-state index in [9.17, 15) is 19.8 Å². The Hall–Kier alpha value is -4.06. The van der Waals surface area contributed by atoms with Crippen LogP contribution in [0.3, 0.4) is 0 Å². The van der Waals surface area contributed by atoms with E-state index in [1.165, 1.54) is 18.1 Å². The third kappa shape index (κ3) is 3.83. The third-order valence-corrected chi connectivity index (χ3v) is 5.58. The van der Waals surface area contributed by atoms with Crippen LogP contribution in [0.4, 0.5) is 0 Å². The van der Waals surface area contributed by atoms with Gasteiger partial charge in [-0.3, -0.25) is 9.59 Å². The summed E-state index contributed by atoms with van der Waals surface area (Å²) in [5.74, 6) is -1.54. The number of phenolic OH excluding ortho intramolecular Hbond substituents is 1. The van der Waals surface area contributed by atoms with Crippen LogP contribution in [-0.4, -0.2) is 33.9 Å². The van der Waals surface area contributed by atoms with Gasteiger partial charge in [0.15, 0.2) is 11.5 Å². The van der Waals surface area contributed by atoms with Crippen LogP contribution in [0.2, 0.25) is 0 Å². The first kappa shape index (κ1) is 21.2. The topological polar surface area (TPSA) is 87.1 Å². The van der Waals surface area contributed by atoms with Gasteiger partial charge in [-0.2, -0.15) is 0 Å². The van der Waals surface area contributed by atoms with Crippen LogP contribution in [0.15, 0.2) is 78.4 Å². The van der Waals surface area contributed by atoms with Crippen molar-refractivity contribution in [1.82, 2.24) is 4.90 Å². The molecule has 0 spiro atoms. The number of hydrogen-bond acceptors (Lipinski definition) is 5. The van der Waals surface area contributed by atoms with Crippen molar-refractivity contribution in [1.29, 1.82) is 0 Å². The second-order valence-corrected chi connectivity index (χ2v) is 7.71. The number of aromatic hydroxyl groups is 1. The molecule has 1 unspecified atom stereocenters. The van der Waals surface area contributed by atoms with E-state index in [4.69, 9.17) is 4.74 Å². The molecule has 0 aliphatic carbocycles. The number of carbonyl (C=O) groups excluding carboxylic acids is 2. The van der Waals surface area contributed by atoms with E-state index in [2.05, 4.69) is 0 Å². The number of carbonyl (C=O) groups is 2. The number of phenols is 1. The number of aliphatic hydroxyl groups is 1. The SMILES string of the molecule is COc1cc(C2C(=C(O)c3ccc(C)cc3)C(=O)C(=O)N2Cc2ccccc2)ccc1O. The molecule has 1 saturated heterocycles. The Balaban J connectivity index is 1.89. The van der Waals surface area contributed by atoms with Crippen LogP contribution in [0.5, 0.6) is 11.5 Å². The Labute approximate surface area is 186 Å². The molecule has 6 nitrogen and oxygen atoms in total. The lowest BCUT2D eigenvalue weighted by Crippen LogP contribution is -2.29. The number of Topliss-reactive ketones (excluding diaryl/α,β-unsaturated/α-hetero) is 1. The molecular weight excluding hydrogens is 406 g/mol. The monoisotopic (exact) mass is 429 g/mol. The predicted octanol–water partition coefficient (Wildman–Crippen LogP) is 4.33. The number of aryl methyl sites for hydroxylation is 1. The minimum Gasteiger partial charge on any atom is -0.507 e. The molecule has 1 atom stereocenters. The average molecular weight is 429 g/mol. The van der Waals surface area contributed by atoms with E-state index in [0.29, 0.717) is 11.1 Å². The molecule has 2 N–H and O–H groups in total. The number of ketones is 1. The number of benzene rings is 3. The van der Waals surface area contributed by atoms with Gasteiger partial charge in [-0.25, -0.2) is 0 Å². The zero-order valence-electron chi connectivity index (χ0n) is 17.8. The van der Waals surface area contributed by atoms with Gasteiger partial charge in [0, 0.05) is 12.1 Å². The number of rotatable bonds is 5. The highest BCUT2D eigenvalue weighted by Crippen LogP contribution is 2.42. The molecule has 0 radical (unpaired) electrons. The van der Waals surface area contributed by atoms with E-state index in [-0.39, 0.29) is 29.4 Å². The first-order valence-electron chi connectivity index (χ1n) is 10.2. The van der Waals surface area contributed by atoms with E-state index < -0.39 is 17.7 Å². The maximum Gasteiger partial charge on any atom is 0.295 e. The van der Waals surface area contributed by atoms with Crippen molar-refractivity contribution >= 4 is 17.4 Å². The zero-order chi connectivity index (χ0) is 22.8. The standard InChI is InChI=1S/C26H23NO5/c1-16-8-10-18(11-9-16)24(29)22-23(19-12-13-20(28)21(14-19)32-2)27(26(31)25(22)30)15-17-6-4-3-5-7-17/h3-14,23,28-29H,15H2,1-2H3. The summed E-state index contributed by atoms with van der Waals surface area (Å²) in [6.07, 6.45) is 0. The van der Waals surface area contributed by atoms with E-state index >= 15 is 0 Å². The number of hydrogen-bond donors (Lipinski definition) is 2. The number of methoxy groups -OCH3 is 1. The lowest BCUT2D eigenvalue weighted by Gasteiger charge is -2.26. The second-order valence-electron chi connectivity index (χ2n) is 7.71. The highest BCUT2D eigenvalue weighted by atomic mass is 16.5. The quantitative estimate of drug-likeness (QED) is 0.358. The summed E-state index contributed by atoms with van der Waals surface area (Å²) in [4.78, 5) is 27.6. The minimum absolute atomic E-state index is 0.00234. The van der Waals surface area contributed by atoms with Gasteiger partial charge in [0.1, 0.15) is 5.76 Å². The molecule has 0 saturated carbocycles. The van der Waals surface area contributed by atoms with E-state index in [1.807, 2.05) is 49.4 Å². The Morgan fingerprint density at radius 3 is 2.34 bits per heavy atom. The summed E-state index contributed by atoms with van der Waals surface area (Å²) in [5, 5.41) is 21.1. The summed E-state index contributed by atoms with van der Waals surface area (Å²) in [5.41, 5.74) is 2.85. The summed E-state index contributed by atoms with van der Waals surface area (Å²) >= 11 is 0. The van der Waals surface area contributed by atoms with E-state index in [0.717, 1.165) is 11.1 Å². The molecular formula is C26H23NO5. The smallest absolute Gasteiger partial charge is 0.295 e. The van der Waals surface area contributed by atoms with Crippen molar-refractivity contribution in [2.45, 2.75) is 19.5 Å². The van der Waals surface area contributed by atoms with Gasteiger partial charge in [0.05, 0.1) is 18.7 Å². The van der Waals surface area contributed by atoms with Crippen molar-refractivity contribution in [3.63, 3.8) is 0 Å². The maximum absolute atomic E-state index is 13.1. The van der Waals surface area contributed by atoms with Gasteiger partial charge >= 0.3 is 0 Å².